The number of carbonyl (C=O) groups excluding carboxylic acids is 1. The number of benzene rings is 2. The molecular weight excluding hydrogens is 272 g/mol. The molecule has 0 aromatic heterocycles. The molecule has 0 aliphatic heterocycles. The van der Waals surface area contributed by atoms with Crippen LogP contribution in [0.25, 0.3) is 0 Å². The third-order valence-electron chi connectivity index (χ3n) is 3.09. The van der Waals surface area contributed by atoms with Crippen LogP contribution in [-0.2, 0) is 0 Å². The van der Waals surface area contributed by atoms with Crippen molar-refractivity contribution in [1.82, 2.24) is 5.32 Å². The molecule has 0 aliphatic carbocycles. The van der Waals surface area contributed by atoms with E-state index in [1.54, 1.807) is 0 Å². The number of aryl methyl sites for hydroxylation is 1. The maximum Gasteiger partial charge on any atom is 0.319 e. The van der Waals surface area contributed by atoms with Gasteiger partial charge in [0.15, 0.2) is 0 Å². The Morgan fingerprint density at radius 3 is 2.60 bits per heavy atom. The Bertz CT molecular complexity index is 613. The lowest BCUT2D eigenvalue weighted by Crippen LogP contribution is -2.31. The molecule has 2 rings (SSSR count). The fourth-order valence-corrected chi connectivity index (χ4v) is 2.13. The largest absolute Gasteiger partial charge is 0.331 e. The lowest BCUT2D eigenvalue weighted by atomic mass is 10.1. The van der Waals surface area contributed by atoms with Crippen molar-refractivity contribution in [3.63, 3.8) is 0 Å². The maximum absolute atomic E-state index is 12.0. The number of urea groups is 1. The number of hydrogen-bond acceptors (Lipinski definition) is 1. The molecule has 104 valence electrons. The van der Waals surface area contributed by atoms with Crippen molar-refractivity contribution in [3.8, 4) is 0 Å². The Labute approximate surface area is 124 Å². The Kier molecular flexibility index (Phi) is 4.64. The zero-order chi connectivity index (χ0) is 14.5. The van der Waals surface area contributed by atoms with Gasteiger partial charge in [-0.2, -0.15) is 0 Å². The summed E-state index contributed by atoms with van der Waals surface area (Å²) in [6.07, 6.45) is 0. The van der Waals surface area contributed by atoms with Crippen molar-refractivity contribution in [2.75, 3.05) is 5.32 Å². The van der Waals surface area contributed by atoms with Gasteiger partial charge in [0.2, 0.25) is 0 Å². The van der Waals surface area contributed by atoms with Crippen molar-refractivity contribution in [2.45, 2.75) is 19.9 Å². The lowest BCUT2D eigenvalue weighted by molar-refractivity contribution is 0.249. The molecule has 0 heterocycles. The molecule has 20 heavy (non-hydrogen) atoms. The predicted octanol–water partition coefficient (Wildman–Crippen LogP) is 4.53. The summed E-state index contributed by atoms with van der Waals surface area (Å²) in [4.78, 5) is 12.0. The average molecular weight is 289 g/mol. The second-order valence-electron chi connectivity index (χ2n) is 4.69. The van der Waals surface area contributed by atoms with E-state index in [-0.39, 0.29) is 12.1 Å². The minimum Gasteiger partial charge on any atom is -0.331 e. The third kappa shape index (κ3) is 3.75. The molecule has 0 radical (unpaired) electrons. The highest BCUT2D eigenvalue weighted by Crippen LogP contribution is 2.18. The minimum atomic E-state index is -0.230. The Morgan fingerprint density at radius 2 is 1.90 bits per heavy atom. The number of para-hydroxylation sites is 1. The van der Waals surface area contributed by atoms with Crippen molar-refractivity contribution in [3.05, 3.63) is 64.7 Å². The van der Waals surface area contributed by atoms with E-state index in [4.69, 9.17) is 11.6 Å². The van der Waals surface area contributed by atoms with Crippen LogP contribution in [0.4, 0.5) is 10.5 Å². The summed E-state index contributed by atoms with van der Waals surface area (Å²) >= 11 is 5.95. The molecule has 3 nitrogen and oxygen atoms in total. The quantitative estimate of drug-likeness (QED) is 0.856. The van der Waals surface area contributed by atoms with Crippen LogP contribution < -0.4 is 10.6 Å². The second kappa shape index (κ2) is 6.44. The number of rotatable bonds is 3. The van der Waals surface area contributed by atoms with Gasteiger partial charge in [-0.1, -0.05) is 41.9 Å². The van der Waals surface area contributed by atoms with E-state index in [9.17, 15) is 4.79 Å². The molecule has 0 bridgehead atoms. The topological polar surface area (TPSA) is 41.1 Å². The zero-order valence-corrected chi connectivity index (χ0v) is 12.2. The van der Waals surface area contributed by atoms with Gasteiger partial charge in [-0.3, -0.25) is 0 Å². The summed E-state index contributed by atoms with van der Waals surface area (Å²) in [7, 11) is 0. The number of nitrogens with one attached hydrogen (secondary N) is 2. The van der Waals surface area contributed by atoms with Crippen molar-refractivity contribution in [1.29, 1.82) is 0 Å². The first kappa shape index (κ1) is 14.4. The molecular formula is C16H17ClN2O. The monoisotopic (exact) mass is 288 g/mol. The Balaban J connectivity index is 2.00. The third-order valence-corrected chi connectivity index (χ3v) is 3.32. The lowest BCUT2D eigenvalue weighted by Gasteiger charge is -2.16. The van der Waals surface area contributed by atoms with Crippen LogP contribution in [0, 0.1) is 6.92 Å². The summed E-state index contributed by atoms with van der Waals surface area (Å²) in [5.74, 6) is 0. The van der Waals surface area contributed by atoms with E-state index in [0.29, 0.717) is 5.02 Å². The number of carbonyl (C=O) groups is 1. The first-order chi connectivity index (χ1) is 9.56. The van der Waals surface area contributed by atoms with Crippen LogP contribution in [0.1, 0.15) is 24.1 Å². The van der Waals surface area contributed by atoms with E-state index in [1.165, 1.54) is 0 Å². The molecule has 2 N–H and O–H groups in total. The minimum absolute atomic E-state index is 0.113. The number of halogens is 1. The molecule has 0 aliphatic rings. The highest BCUT2D eigenvalue weighted by Gasteiger charge is 2.10. The van der Waals surface area contributed by atoms with Crippen LogP contribution in [0.2, 0.25) is 5.02 Å². The Hall–Kier alpha value is -2.00. The average Bonchev–Trinajstić information content (AvgIpc) is 2.41. The fraction of sp³-hybridized carbons (Fsp3) is 0.188. The van der Waals surface area contributed by atoms with Gasteiger partial charge >= 0.3 is 6.03 Å². The molecule has 2 aromatic carbocycles. The number of anilines is 1. The Morgan fingerprint density at radius 1 is 1.15 bits per heavy atom. The molecule has 2 aromatic rings. The predicted molar refractivity (Wildman–Crippen MR) is 83.2 cm³/mol. The van der Waals surface area contributed by atoms with Gasteiger partial charge in [-0.15, -0.1) is 0 Å². The van der Waals surface area contributed by atoms with Crippen molar-refractivity contribution < 1.29 is 4.79 Å². The molecule has 4 heteroatoms. The normalized spacial score (nSPS) is 11.8. The molecule has 0 spiro atoms. The van der Waals surface area contributed by atoms with Gasteiger partial charge in [-0.25, -0.2) is 4.79 Å². The summed E-state index contributed by atoms with van der Waals surface area (Å²) in [6, 6.07) is 14.8. The van der Waals surface area contributed by atoms with Gasteiger partial charge in [0.05, 0.1) is 6.04 Å². The first-order valence-electron chi connectivity index (χ1n) is 6.45. The maximum atomic E-state index is 12.0. The zero-order valence-electron chi connectivity index (χ0n) is 11.5. The molecule has 0 saturated carbocycles. The number of hydrogen-bond donors (Lipinski definition) is 2. The highest BCUT2D eigenvalue weighted by molar-refractivity contribution is 6.30. The van der Waals surface area contributed by atoms with Gasteiger partial charge in [0, 0.05) is 10.7 Å². The SMILES string of the molecule is Cc1ccccc1NC(=O)N[C@H](C)c1cccc(Cl)c1. The van der Waals surface area contributed by atoms with Crippen LogP contribution in [0.5, 0.6) is 0 Å². The van der Waals surface area contributed by atoms with Gasteiger partial charge in [0.25, 0.3) is 0 Å². The summed E-state index contributed by atoms with van der Waals surface area (Å²) in [5.41, 5.74) is 2.80. The van der Waals surface area contributed by atoms with Crippen LogP contribution in [0.3, 0.4) is 0 Å². The summed E-state index contributed by atoms with van der Waals surface area (Å²) < 4.78 is 0. The highest BCUT2D eigenvalue weighted by atomic mass is 35.5. The fourth-order valence-electron chi connectivity index (χ4n) is 1.93. The first-order valence-corrected chi connectivity index (χ1v) is 6.82. The van der Waals surface area contributed by atoms with E-state index < -0.39 is 0 Å². The molecule has 0 unspecified atom stereocenters. The van der Waals surface area contributed by atoms with E-state index in [2.05, 4.69) is 10.6 Å². The van der Waals surface area contributed by atoms with Crippen molar-refractivity contribution in [2.24, 2.45) is 0 Å². The standard InChI is InChI=1S/C16H17ClN2O/c1-11-6-3-4-9-15(11)19-16(20)18-12(2)13-7-5-8-14(17)10-13/h3-10,12H,1-2H3,(H2,18,19,20)/t12-/m1/s1. The molecule has 1 atom stereocenters. The van der Waals surface area contributed by atoms with Gasteiger partial charge in [0.1, 0.15) is 0 Å². The molecule has 0 saturated heterocycles. The van der Waals surface area contributed by atoms with Gasteiger partial charge < -0.3 is 10.6 Å². The van der Waals surface area contributed by atoms with E-state index >= 15 is 0 Å². The van der Waals surface area contributed by atoms with E-state index in [1.807, 2.05) is 62.4 Å². The smallest absolute Gasteiger partial charge is 0.319 e. The van der Waals surface area contributed by atoms with E-state index in [0.717, 1.165) is 16.8 Å². The van der Waals surface area contributed by atoms with Crippen LogP contribution in [0.15, 0.2) is 48.5 Å². The van der Waals surface area contributed by atoms with Crippen molar-refractivity contribution >= 4 is 23.3 Å². The second-order valence-corrected chi connectivity index (χ2v) is 5.13. The van der Waals surface area contributed by atoms with Crippen LogP contribution in [-0.4, -0.2) is 6.03 Å². The summed E-state index contributed by atoms with van der Waals surface area (Å²) in [5, 5.41) is 6.40. The molecule has 2 amide bonds. The van der Waals surface area contributed by atoms with Gasteiger partial charge in [-0.05, 0) is 43.2 Å². The summed E-state index contributed by atoms with van der Waals surface area (Å²) in [6.45, 7) is 3.87. The van der Waals surface area contributed by atoms with Crippen LogP contribution >= 0.6 is 11.6 Å². The number of amides is 2. The molecule has 0 fully saturated rings.